The van der Waals surface area contributed by atoms with Crippen molar-refractivity contribution in [2.24, 2.45) is 5.92 Å². The van der Waals surface area contributed by atoms with Crippen LogP contribution >= 0.6 is 0 Å². The van der Waals surface area contributed by atoms with Gasteiger partial charge in [-0.15, -0.1) is 0 Å². The van der Waals surface area contributed by atoms with E-state index in [1.807, 2.05) is 0 Å². The quantitative estimate of drug-likeness (QED) is 0.829. The Morgan fingerprint density at radius 1 is 1.21 bits per heavy atom. The van der Waals surface area contributed by atoms with E-state index in [2.05, 4.69) is 0 Å². The molecular formula is C16H21FO2. The van der Waals surface area contributed by atoms with Crippen LogP contribution in [0.15, 0.2) is 18.2 Å². The van der Waals surface area contributed by atoms with Crippen LogP contribution in [0.4, 0.5) is 4.39 Å². The van der Waals surface area contributed by atoms with Crippen LogP contribution in [0.5, 0.6) is 5.75 Å². The van der Waals surface area contributed by atoms with Gasteiger partial charge in [0.25, 0.3) is 0 Å². The molecule has 0 radical (unpaired) electrons. The molecule has 1 heterocycles. The smallest absolute Gasteiger partial charge is 0.123 e. The van der Waals surface area contributed by atoms with Gasteiger partial charge < -0.3 is 9.84 Å². The lowest BCUT2D eigenvalue weighted by Crippen LogP contribution is -2.26. The highest BCUT2D eigenvalue weighted by molar-refractivity contribution is 5.37. The molecule has 3 atom stereocenters. The number of ether oxygens (including phenoxy) is 1. The van der Waals surface area contributed by atoms with Gasteiger partial charge >= 0.3 is 0 Å². The minimum Gasteiger partial charge on any atom is -0.490 e. The Bertz CT molecular complexity index is 446. The van der Waals surface area contributed by atoms with Crippen molar-refractivity contribution in [2.45, 2.75) is 57.2 Å². The normalized spacial score (nSPS) is 30.5. The van der Waals surface area contributed by atoms with Gasteiger partial charge in [0.15, 0.2) is 0 Å². The molecule has 1 N–H and O–H groups in total. The first-order valence-corrected chi connectivity index (χ1v) is 7.35. The zero-order valence-electron chi connectivity index (χ0n) is 11.1. The largest absolute Gasteiger partial charge is 0.490 e. The molecule has 0 amide bonds. The number of fused-ring (bicyclic) bond motifs is 1. The van der Waals surface area contributed by atoms with E-state index in [9.17, 15) is 9.50 Å². The molecule has 0 saturated heterocycles. The van der Waals surface area contributed by atoms with Gasteiger partial charge in [0.05, 0.1) is 6.10 Å². The number of halogens is 1. The van der Waals surface area contributed by atoms with E-state index >= 15 is 0 Å². The molecule has 0 bridgehead atoms. The third-order valence-corrected chi connectivity index (χ3v) is 4.45. The van der Waals surface area contributed by atoms with Gasteiger partial charge in [0.1, 0.15) is 17.7 Å². The SMILES string of the molecule is OC1CCCCCC1CC1Cc2cc(F)ccc2O1. The number of hydrogen-bond acceptors (Lipinski definition) is 2. The molecule has 1 aliphatic carbocycles. The van der Waals surface area contributed by atoms with E-state index in [0.717, 1.165) is 43.4 Å². The van der Waals surface area contributed by atoms with Crippen LogP contribution in [0.3, 0.4) is 0 Å². The van der Waals surface area contributed by atoms with Gasteiger partial charge in [-0.2, -0.15) is 0 Å². The molecule has 104 valence electrons. The average Bonchev–Trinajstić information content (AvgIpc) is 2.66. The monoisotopic (exact) mass is 264 g/mol. The van der Waals surface area contributed by atoms with Crippen molar-refractivity contribution in [3.8, 4) is 5.75 Å². The lowest BCUT2D eigenvalue weighted by Gasteiger charge is -2.23. The Labute approximate surface area is 113 Å². The van der Waals surface area contributed by atoms with Crippen molar-refractivity contribution >= 4 is 0 Å². The summed E-state index contributed by atoms with van der Waals surface area (Å²) in [5.41, 5.74) is 0.966. The molecule has 3 unspecified atom stereocenters. The number of aliphatic hydroxyl groups is 1. The highest BCUT2D eigenvalue weighted by atomic mass is 19.1. The second kappa shape index (κ2) is 5.49. The standard InChI is InChI=1S/C16H21FO2/c17-13-6-7-16-12(8-13)10-14(19-16)9-11-4-2-1-3-5-15(11)18/h6-8,11,14-15,18H,1-5,9-10H2. The van der Waals surface area contributed by atoms with Crippen molar-refractivity contribution in [1.29, 1.82) is 0 Å². The van der Waals surface area contributed by atoms with Gasteiger partial charge in [-0.05, 0) is 43.4 Å². The lowest BCUT2D eigenvalue weighted by atomic mass is 9.90. The predicted molar refractivity (Wildman–Crippen MR) is 71.7 cm³/mol. The summed E-state index contributed by atoms with van der Waals surface area (Å²) in [7, 11) is 0. The van der Waals surface area contributed by atoms with E-state index in [-0.39, 0.29) is 18.0 Å². The Hall–Kier alpha value is -1.09. The molecule has 3 heteroatoms. The highest BCUT2D eigenvalue weighted by Gasteiger charge is 2.29. The first kappa shape index (κ1) is 12.9. The molecule has 2 nitrogen and oxygen atoms in total. The summed E-state index contributed by atoms with van der Waals surface area (Å²) in [4.78, 5) is 0. The molecule has 2 aliphatic rings. The minimum atomic E-state index is -0.197. The predicted octanol–water partition coefficient (Wildman–Crippen LogP) is 3.46. The Morgan fingerprint density at radius 3 is 2.95 bits per heavy atom. The zero-order valence-corrected chi connectivity index (χ0v) is 11.1. The van der Waals surface area contributed by atoms with Gasteiger partial charge in [0.2, 0.25) is 0 Å². The van der Waals surface area contributed by atoms with Crippen LogP contribution in [0.2, 0.25) is 0 Å². The van der Waals surface area contributed by atoms with Crippen LogP contribution in [0.1, 0.15) is 44.1 Å². The van der Waals surface area contributed by atoms with E-state index in [4.69, 9.17) is 4.74 Å². The van der Waals surface area contributed by atoms with Crippen LogP contribution < -0.4 is 4.74 Å². The summed E-state index contributed by atoms with van der Waals surface area (Å²) in [5.74, 6) is 0.957. The molecular weight excluding hydrogens is 243 g/mol. The topological polar surface area (TPSA) is 29.5 Å². The second-order valence-electron chi connectivity index (χ2n) is 5.90. The molecule has 1 aromatic rings. The summed E-state index contributed by atoms with van der Waals surface area (Å²) in [6.45, 7) is 0. The molecule has 0 aromatic heterocycles. The van der Waals surface area contributed by atoms with Crippen molar-refractivity contribution in [2.75, 3.05) is 0 Å². The minimum absolute atomic E-state index is 0.106. The number of benzene rings is 1. The zero-order chi connectivity index (χ0) is 13.2. The maximum Gasteiger partial charge on any atom is 0.123 e. The first-order valence-electron chi connectivity index (χ1n) is 7.35. The van der Waals surface area contributed by atoms with Crippen LogP contribution in [-0.4, -0.2) is 17.3 Å². The van der Waals surface area contributed by atoms with Crippen molar-refractivity contribution < 1.29 is 14.2 Å². The van der Waals surface area contributed by atoms with Crippen molar-refractivity contribution in [3.05, 3.63) is 29.6 Å². The Balaban J connectivity index is 1.63. The summed E-state index contributed by atoms with van der Waals surface area (Å²) in [6, 6.07) is 4.73. The lowest BCUT2D eigenvalue weighted by molar-refractivity contribution is 0.0703. The molecule has 1 saturated carbocycles. The van der Waals surface area contributed by atoms with E-state index in [0.29, 0.717) is 5.92 Å². The van der Waals surface area contributed by atoms with E-state index in [1.54, 1.807) is 12.1 Å². The van der Waals surface area contributed by atoms with Gasteiger partial charge in [0, 0.05) is 12.0 Å². The molecule has 1 aromatic carbocycles. The third kappa shape index (κ3) is 2.92. The molecule has 19 heavy (non-hydrogen) atoms. The summed E-state index contributed by atoms with van der Waals surface area (Å²) < 4.78 is 19.0. The highest BCUT2D eigenvalue weighted by Crippen LogP contribution is 2.34. The summed E-state index contributed by atoms with van der Waals surface area (Å²) in [5, 5.41) is 10.2. The van der Waals surface area contributed by atoms with Crippen molar-refractivity contribution in [1.82, 2.24) is 0 Å². The fourth-order valence-electron chi connectivity index (χ4n) is 3.40. The summed E-state index contributed by atoms with van der Waals surface area (Å²) >= 11 is 0. The Morgan fingerprint density at radius 2 is 2.05 bits per heavy atom. The van der Waals surface area contributed by atoms with Crippen LogP contribution in [0, 0.1) is 11.7 Å². The van der Waals surface area contributed by atoms with Crippen LogP contribution in [-0.2, 0) is 6.42 Å². The van der Waals surface area contributed by atoms with Gasteiger partial charge in [-0.1, -0.05) is 19.3 Å². The van der Waals surface area contributed by atoms with E-state index in [1.165, 1.54) is 18.9 Å². The fourth-order valence-corrected chi connectivity index (χ4v) is 3.40. The number of aliphatic hydroxyl groups excluding tert-OH is 1. The second-order valence-corrected chi connectivity index (χ2v) is 5.90. The maximum absolute atomic E-state index is 13.2. The molecule has 0 spiro atoms. The first-order chi connectivity index (χ1) is 9.22. The Kier molecular flexibility index (Phi) is 3.74. The molecule has 1 fully saturated rings. The van der Waals surface area contributed by atoms with E-state index < -0.39 is 0 Å². The number of hydrogen-bond donors (Lipinski definition) is 1. The average molecular weight is 264 g/mol. The molecule has 3 rings (SSSR count). The van der Waals surface area contributed by atoms with Gasteiger partial charge in [-0.25, -0.2) is 4.39 Å². The van der Waals surface area contributed by atoms with Gasteiger partial charge in [-0.3, -0.25) is 0 Å². The summed E-state index contributed by atoms with van der Waals surface area (Å²) in [6.07, 6.45) is 7.15. The molecule has 1 aliphatic heterocycles. The van der Waals surface area contributed by atoms with Crippen molar-refractivity contribution in [3.63, 3.8) is 0 Å². The third-order valence-electron chi connectivity index (χ3n) is 4.45. The number of rotatable bonds is 2. The fraction of sp³-hybridized carbons (Fsp3) is 0.625. The maximum atomic E-state index is 13.2. The van der Waals surface area contributed by atoms with Crippen LogP contribution in [0.25, 0.3) is 0 Å².